The van der Waals surface area contributed by atoms with E-state index in [1.807, 2.05) is 65.6 Å². The van der Waals surface area contributed by atoms with Crippen LogP contribution >= 0.6 is 11.6 Å². The van der Waals surface area contributed by atoms with Crippen molar-refractivity contribution in [1.29, 1.82) is 0 Å². The quantitative estimate of drug-likeness (QED) is 0.656. The van der Waals surface area contributed by atoms with Crippen LogP contribution in [0, 0.1) is 0 Å². The van der Waals surface area contributed by atoms with E-state index in [0.29, 0.717) is 17.1 Å². The Balaban J connectivity index is 1.48. The van der Waals surface area contributed by atoms with Gasteiger partial charge in [0.05, 0.1) is 6.42 Å². The average Bonchev–Trinajstić information content (AvgIpc) is 2.75. The molecule has 1 aliphatic rings. The largest absolute Gasteiger partial charge is 0.326 e. The summed E-state index contributed by atoms with van der Waals surface area (Å²) < 4.78 is 0. The highest BCUT2D eigenvalue weighted by Crippen LogP contribution is 2.31. The average molecular weight is 405 g/mol. The summed E-state index contributed by atoms with van der Waals surface area (Å²) in [5.41, 5.74) is 4.33. The first-order valence-electron chi connectivity index (χ1n) is 9.64. The van der Waals surface area contributed by atoms with Gasteiger partial charge in [-0.15, -0.1) is 0 Å². The van der Waals surface area contributed by atoms with Gasteiger partial charge in [0.15, 0.2) is 0 Å². The van der Waals surface area contributed by atoms with E-state index in [2.05, 4.69) is 5.32 Å². The Bertz CT molecular complexity index is 1030. The van der Waals surface area contributed by atoms with Crippen molar-refractivity contribution in [2.75, 3.05) is 16.8 Å². The van der Waals surface area contributed by atoms with Gasteiger partial charge in [-0.1, -0.05) is 41.9 Å². The molecule has 29 heavy (non-hydrogen) atoms. The predicted octanol–water partition coefficient (Wildman–Crippen LogP) is 5.11. The van der Waals surface area contributed by atoms with Crippen LogP contribution in [0.25, 0.3) is 0 Å². The minimum Gasteiger partial charge on any atom is -0.326 e. The Morgan fingerprint density at radius 3 is 2.48 bits per heavy atom. The number of anilines is 2. The van der Waals surface area contributed by atoms with E-state index < -0.39 is 0 Å². The first kappa shape index (κ1) is 19.2. The fourth-order valence-electron chi connectivity index (χ4n) is 3.62. The third-order valence-corrected chi connectivity index (χ3v) is 5.28. The summed E-state index contributed by atoms with van der Waals surface area (Å²) in [6.45, 7) is 0.697. The topological polar surface area (TPSA) is 49.4 Å². The lowest BCUT2D eigenvalue weighted by Gasteiger charge is -2.30. The molecule has 1 N–H and O–H groups in total. The van der Waals surface area contributed by atoms with Crippen LogP contribution in [0.3, 0.4) is 0 Å². The molecule has 0 aliphatic carbocycles. The first-order valence-corrected chi connectivity index (χ1v) is 10.0. The van der Waals surface area contributed by atoms with Crippen molar-refractivity contribution < 1.29 is 9.59 Å². The lowest BCUT2D eigenvalue weighted by Crippen LogP contribution is -2.35. The lowest BCUT2D eigenvalue weighted by atomic mass is 10.00. The fraction of sp³-hybridized carbons (Fsp3) is 0.167. The number of halogens is 1. The number of amides is 2. The highest BCUT2D eigenvalue weighted by atomic mass is 35.5. The summed E-state index contributed by atoms with van der Waals surface area (Å²) >= 11 is 5.89. The first-order chi connectivity index (χ1) is 14.1. The molecule has 0 radical (unpaired) electrons. The van der Waals surface area contributed by atoms with Crippen molar-refractivity contribution in [2.24, 2.45) is 0 Å². The Labute approximate surface area is 175 Å². The summed E-state index contributed by atoms with van der Waals surface area (Å²) in [7, 11) is 0. The normalized spacial score (nSPS) is 12.9. The minimum atomic E-state index is -0.0831. The lowest BCUT2D eigenvalue weighted by molar-refractivity contribution is -0.115. The van der Waals surface area contributed by atoms with Gasteiger partial charge in [-0.3, -0.25) is 9.59 Å². The maximum atomic E-state index is 12.9. The summed E-state index contributed by atoms with van der Waals surface area (Å²) in [5, 5.41) is 3.61. The monoisotopic (exact) mass is 404 g/mol. The van der Waals surface area contributed by atoms with Crippen LogP contribution in [0.1, 0.15) is 27.9 Å². The van der Waals surface area contributed by atoms with Gasteiger partial charge in [-0.2, -0.15) is 0 Å². The Hall–Kier alpha value is -3.11. The van der Waals surface area contributed by atoms with Gasteiger partial charge in [0.2, 0.25) is 5.91 Å². The smallest absolute Gasteiger partial charge is 0.258 e. The number of benzene rings is 3. The highest BCUT2D eigenvalue weighted by molar-refractivity contribution is 6.30. The van der Waals surface area contributed by atoms with Crippen LogP contribution in [0.15, 0.2) is 72.8 Å². The van der Waals surface area contributed by atoms with Crippen molar-refractivity contribution >= 4 is 34.8 Å². The summed E-state index contributed by atoms with van der Waals surface area (Å²) in [5.74, 6) is -0.0774. The maximum Gasteiger partial charge on any atom is 0.258 e. The molecule has 0 unspecified atom stereocenters. The van der Waals surface area contributed by atoms with Gasteiger partial charge in [0.25, 0.3) is 5.91 Å². The number of rotatable bonds is 4. The fourth-order valence-corrected chi connectivity index (χ4v) is 3.74. The summed E-state index contributed by atoms with van der Waals surface area (Å²) in [6.07, 6.45) is 2.06. The number of fused-ring (bicyclic) bond motifs is 1. The molecular weight excluding hydrogens is 384 g/mol. The van der Waals surface area contributed by atoms with Crippen LogP contribution in [-0.2, 0) is 17.6 Å². The molecular formula is C24H21ClN2O2. The third-order valence-electron chi connectivity index (χ3n) is 5.03. The van der Waals surface area contributed by atoms with E-state index in [0.717, 1.165) is 35.3 Å². The number of carbonyl (C=O) groups is 2. The molecule has 0 saturated heterocycles. The molecule has 3 aromatic rings. The molecule has 0 aromatic heterocycles. The number of aryl methyl sites for hydroxylation is 1. The van der Waals surface area contributed by atoms with E-state index in [1.54, 1.807) is 12.1 Å². The molecule has 3 aromatic carbocycles. The molecule has 4 nitrogen and oxygen atoms in total. The molecule has 0 fully saturated rings. The Morgan fingerprint density at radius 2 is 1.72 bits per heavy atom. The zero-order valence-electron chi connectivity index (χ0n) is 15.9. The van der Waals surface area contributed by atoms with Crippen molar-refractivity contribution in [3.05, 3.63) is 94.5 Å². The summed E-state index contributed by atoms with van der Waals surface area (Å²) in [6, 6.07) is 22.3. The van der Waals surface area contributed by atoms with Gasteiger partial charge in [-0.25, -0.2) is 0 Å². The minimum absolute atomic E-state index is 0.00562. The van der Waals surface area contributed by atoms with Crippen molar-refractivity contribution in [3.8, 4) is 0 Å². The zero-order valence-corrected chi connectivity index (χ0v) is 16.7. The van der Waals surface area contributed by atoms with Crippen molar-refractivity contribution in [1.82, 2.24) is 0 Å². The number of nitrogens with zero attached hydrogens (tertiary/aromatic N) is 1. The van der Waals surface area contributed by atoms with Gasteiger partial charge in [0, 0.05) is 28.5 Å². The number of hydrogen-bond donors (Lipinski definition) is 1. The molecule has 0 saturated carbocycles. The molecule has 0 atom stereocenters. The third kappa shape index (κ3) is 4.49. The maximum absolute atomic E-state index is 12.9. The predicted molar refractivity (Wildman–Crippen MR) is 117 cm³/mol. The SMILES string of the molecule is O=C(Cc1ccc(Cl)cc1)Nc1ccc2c(c1)CCCN2C(=O)c1ccccc1. The second kappa shape index (κ2) is 8.50. The van der Waals surface area contributed by atoms with Gasteiger partial charge < -0.3 is 10.2 Å². The van der Waals surface area contributed by atoms with E-state index in [4.69, 9.17) is 11.6 Å². The number of carbonyl (C=O) groups excluding carboxylic acids is 2. The molecule has 5 heteroatoms. The molecule has 2 amide bonds. The molecule has 1 aliphatic heterocycles. The number of hydrogen-bond acceptors (Lipinski definition) is 2. The standard InChI is InChI=1S/C24H21ClN2O2/c25-20-10-8-17(9-11-20)15-23(28)26-21-12-13-22-19(16-21)7-4-14-27(22)24(29)18-5-2-1-3-6-18/h1-3,5-6,8-13,16H,4,7,14-15H2,(H,26,28). The molecule has 1 heterocycles. The molecule has 146 valence electrons. The van der Waals surface area contributed by atoms with Gasteiger partial charge >= 0.3 is 0 Å². The second-order valence-electron chi connectivity index (χ2n) is 7.12. The zero-order chi connectivity index (χ0) is 20.2. The van der Waals surface area contributed by atoms with E-state index in [-0.39, 0.29) is 18.2 Å². The van der Waals surface area contributed by atoms with Crippen molar-refractivity contribution in [3.63, 3.8) is 0 Å². The van der Waals surface area contributed by atoms with Crippen LogP contribution in [0.2, 0.25) is 5.02 Å². The molecule has 0 bridgehead atoms. The second-order valence-corrected chi connectivity index (χ2v) is 7.56. The Morgan fingerprint density at radius 1 is 0.966 bits per heavy atom. The van der Waals surface area contributed by atoms with Crippen LogP contribution in [-0.4, -0.2) is 18.4 Å². The van der Waals surface area contributed by atoms with Crippen LogP contribution in [0.4, 0.5) is 11.4 Å². The van der Waals surface area contributed by atoms with Crippen LogP contribution in [0.5, 0.6) is 0 Å². The number of nitrogens with one attached hydrogen (secondary N) is 1. The highest BCUT2D eigenvalue weighted by Gasteiger charge is 2.23. The molecule has 4 rings (SSSR count). The molecule has 0 spiro atoms. The van der Waals surface area contributed by atoms with Crippen LogP contribution < -0.4 is 10.2 Å². The van der Waals surface area contributed by atoms with E-state index in [1.165, 1.54) is 0 Å². The summed E-state index contributed by atoms with van der Waals surface area (Å²) in [4.78, 5) is 27.1. The van der Waals surface area contributed by atoms with Gasteiger partial charge in [-0.05, 0) is 66.4 Å². The van der Waals surface area contributed by atoms with E-state index in [9.17, 15) is 9.59 Å². The van der Waals surface area contributed by atoms with Crippen molar-refractivity contribution in [2.45, 2.75) is 19.3 Å². The van der Waals surface area contributed by atoms with E-state index >= 15 is 0 Å². The van der Waals surface area contributed by atoms with Gasteiger partial charge in [0.1, 0.15) is 0 Å². The Kier molecular flexibility index (Phi) is 5.63.